The van der Waals surface area contributed by atoms with Crippen LogP contribution >= 0.6 is 0 Å². The third-order valence-corrected chi connectivity index (χ3v) is 4.36. The van der Waals surface area contributed by atoms with E-state index in [-0.39, 0.29) is 0 Å². The first-order chi connectivity index (χ1) is 13.3. The van der Waals surface area contributed by atoms with Crippen LogP contribution in [-0.2, 0) is 6.42 Å². The van der Waals surface area contributed by atoms with Crippen molar-refractivity contribution < 1.29 is 0 Å². The van der Waals surface area contributed by atoms with Gasteiger partial charge in [0.25, 0.3) is 0 Å². The molecule has 3 aromatic carbocycles. The first-order valence-corrected chi connectivity index (χ1v) is 9.61. The van der Waals surface area contributed by atoms with Gasteiger partial charge in [-0.2, -0.15) is 0 Å². The van der Waals surface area contributed by atoms with Crippen molar-refractivity contribution >= 4 is 0 Å². The van der Waals surface area contributed by atoms with Crippen molar-refractivity contribution in [1.29, 1.82) is 0 Å². The maximum Gasteiger partial charge on any atom is 0.0251 e. The summed E-state index contributed by atoms with van der Waals surface area (Å²) in [5.74, 6) is 12.9. The van der Waals surface area contributed by atoms with Crippen molar-refractivity contribution in [2.75, 3.05) is 0 Å². The van der Waals surface area contributed by atoms with Gasteiger partial charge in [-0.1, -0.05) is 73.8 Å². The van der Waals surface area contributed by atoms with Crippen molar-refractivity contribution in [2.24, 2.45) is 0 Å². The molecular formula is C27H24. The van der Waals surface area contributed by atoms with E-state index in [4.69, 9.17) is 0 Å². The Bertz CT molecular complexity index is 971. The Kier molecular flexibility index (Phi) is 6.92. The largest absolute Gasteiger partial charge is 0.0654 e. The summed E-state index contributed by atoms with van der Waals surface area (Å²) >= 11 is 0. The number of rotatable bonds is 4. The molecule has 0 saturated carbocycles. The van der Waals surface area contributed by atoms with Gasteiger partial charge in [-0.15, -0.1) is 0 Å². The van der Waals surface area contributed by atoms with Gasteiger partial charge in [0.15, 0.2) is 0 Å². The minimum atomic E-state index is 1.00. The van der Waals surface area contributed by atoms with Crippen LogP contribution in [0.3, 0.4) is 0 Å². The van der Waals surface area contributed by atoms with Gasteiger partial charge >= 0.3 is 0 Å². The van der Waals surface area contributed by atoms with Gasteiger partial charge in [0, 0.05) is 22.3 Å². The molecule has 0 aromatic heterocycles. The van der Waals surface area contributed by atoms with Crippen molar-refractivity contribution in [1.82, 2.24) is 0 Å². The molecule has 0 atom stereocenters. The van der Waals surface area contributed by atoms with Crippen LogP contribution in [-0.4, -0.2) is 0 Å². The fourth-order valence-electron chi connectivity index (χ4n) is 2.83. The quantitative estimate of drug-likeness (QED) is 0.388. The molecule has 0 saturated heterocycles. The van der Waals surface area contributed by atoms with Crippen LogP contribution in [0, 0.1) is 23.7 Å². The highest BCUT2D eigenvalue weighted by atomic mass is 14.0. The minimum Gasteiger partial charge on any atom is -0.0654 e. The summed E-state index contributed by atoms with van der Waals surface area (Å²) < 4.78 is 0. The van der Waals surface area contributed by atoms with Crippen LogP contribution in [0.5, 0.6) is 0 Å². The standard InChI is InChI=1S/C27H24/c1-2-3-5-11-26-12-8-13-27(22-26)21-20-25-18-16-24(17-19-25)15-14-23-9-6-4-7-10-23/h4,6-10,12-13,16-19,22H,2-3,5,11H2,1H3. The molecule has 0 amide bonds. The smallest absolute Gasteiger partial charge is 0.0251 e. The first kappa shape index (κ1) is 18.6. The molecule has 0 N–H and O–H groups in total. The molecule has 132 valence electrons. The van der Waals surface area contributed by atoms with Gasteiger partial charge in [0.05, 0.1) is 0 Å². The summed E-state index contributed by atoms with van der Waals surface area (Å²) in [5, 5.41) is 0. The van der Waals surface area contributed by atoms with Crippen LogP contribution in [0.1, 0.15) is 54.0 Å². The number of hydrogen-bond donors (Lipinski definition) is 0. The van der Waals surface area contributed by atoms with Crippen molar-refractivity contribution in [3.8, 4) is 23.7 Å². The summed E-state index contributed by atoms with van der Waals surface area (Å²) in [4.78, 5) is 0. The van der Waals surface area contributed by atoms with Gasteiger partial charge in [-0.3, -0.25) is 0 Å². The number of benzene rings is 3. The van der Waals surface area contributed by atoms with Gasteiger partial charge in [0.1, 0.15) is 0 Å². The van der Waals surface area contributed by atoms with E-state index in [1.165, 1.54) is 24.8 Å². The summed E-state index contributed by atoms with van der Waals surface area (Å²) in [6, 6.07) is 26.8. The molecule has 0 radical (unpaired) electrons. The first-order valence-electron chi connectivity index (χ1n) is 9.61. The molecule has 0 fully saturated rings. The number of hydrogen-bond acceptors (Lipinski definition) is 0. The van der Waals surface area contributed by atoms with E-state index in [0.717, 1.165) is 28.7 Å². The molecule has 27 heavy (non-hydrogen) atoms. The molecule has 0 heteroatoms. The van der Waals surface area contributed by atoms with Crippen molar-refractivity contribution in [3.63, 3.8) is 0 Å². The van der Waals surface area contributed by atoms with Gasteiger partial charge in [0.2, 0.25) is 0 Å². The Morgan fingerprint density at radius 3 is 1.74 bits per heavy atom. The molecule has 0 aliphatic carbocycles. The second-order valence-corrected chi connectivity index (χ2v) is 6.60. The highest BCUT2D eigenvalue weighted by Crippen LogP contribution is 2.10. The number of unbranched alkanes of at least 4 members (excludes halogenated alkanes) is 2. The summed E-state index contributed by atoms with van der Waals surface area (Å²) in [5.41, 5.74) is 5.50. The van der Waals surface area contributed by atoms with E-state index in [9.17, 15) is 0 Å². The van der Waals surface area contributed by atoms with Gasteiger partial charge < -0.3 is 0 Å². The monoisotopic (exact) mass is 348 g/mol. The molecule has 0 aliphatic rings. The van der Waals surface area contributed by atoms with Gasteiger partial charge in [-0.05, 0) is 66.9 Å². The lowest BCUT2D eigenvalue weighted by Gasteiger charge is -2.01. The van der Waals surface area contributed by atoms with Crippen LogP contribution in [0.25, 0.3) is 0 Å². The second-order valence-electron chi connectivity index (χ2n) is 6.60. The Morgan fingerprint density at radius 2 is 1.11 bits per heavy atom. The Morgan fingerprint density at radius 1 is 0.556 bits per heavy atom. The average molecular weight is 348 g/mol. The Labute approximate surface area is 163 Å². The minimum absolute atomic E-state index is 1.00. The molecule has 0 spiro atoms. The molecule has 3 rings (SSSR count). The zero-order valence-corrected chi connectivity index (χ0v) is 15.8. The summed E-state index contributed by atoms with van der Waals surface area (Å²) in [6.07, 6.45) is 4.93. The molecular weight excluding hydrogens is 324 g/mol. The fraction of sp³-hybridized carbons (Fsp3) is 0.185. The zero-order chi connectivity index (χ0) is 18.7. The lowest BCUT2D eigenvalue weighted by Crippen LogP contribution is -1.86. The molecule has 0 aliphatic heterocycles. The predicted molar refractivity (Wildman–Crippen MR) is 115 cm³/mol. The second kappa shape index (κ2) is 10.1. The lowest BCUT2D eigenvalue weighted by atomic mass is 10.0. The Hall–Kier alpha value is -3.22. The van der Waals surface area contributed by atoms with Crippen LogP contribution in [0.15, 0.2) is 78.9 Å². The summed E-state index contributed by atoms with van der Waals surface area (Å²) in [7, 11) is 0. The van der Waals surface area contributed by atoms with Crippen LogP contribution in [0.2, 0.25) is 0 Å². The maximum absolute atomic E-state index is 3.28. The fourth-order valence-corrected chi connectivity index (χ4v) is 2.83. The SMILES string of the molecule is CCCCCc1cccc(C#Cc2ccc(C#Cc3ccccc3)cc2)c1. The maximum atomic E-state index is 3.28. The molecule has 0 bridgehead atoms. The van der Waals surface area contributed by atoms with E-state index in [1.54, 1.807) is 0 Å². The molecule has 0 heterocycles. The Balaban J connectivity index is 1.66. The average Bonchev–Trinajstić information content (AvgIpc) is 2.73. The zero-order valence-electron chi connectivity index (χ0n) is 15.8. The van der Waals surface area contributed by atoms with E-state index >= 15 is 0 Å². The van der Waals surface area contributed by atoms with Crippen LogP contribution in [0.4, 0.5) is 0 Å². The van der Waals surface area contributed by atoms with E-state index in [0.29, 0.717) is 0 Å². The molecule has 3 aromatic rings. The topological polar surface area (TPSA) is 0 Å². The number of aryl methyl sites for hydroxylation is 1. The van der Waals surface area contributed by atoms with E-state index in [1.807, 2.05) is 54.6 Å². The molecule has 0 nitrogen and oxygen atoms in total. The highest BCUT2D eigenvalue weighted by molar-refractivity contribution is 5.48. The van der Waals surface area contributed by atoms with E-state index in [2.05, 4.69) is 54.9 Å². The lowest BCUT2D eigenvalue weighted by molar-refractivity contribution is 0.717. The van der Waals surface area contributed by atoms with Crippen LogP contribution < -0.4 is 0 Å². The predicted octanol–water partition coefficient (Wildman–Crippen LogP) is 6.22. The third kappa shape index (κ3) is 6.22. The van der Waals surface area contributed by atoms with Crippen molar-refractivity contribution in [3.05, 3.63) is 107 Å². The van der Waals surface area contributed by atoms with E-state index < -0.39 is 0 Å². The van der Waals surface area contributed by atoms with Crippen molar-refractivity contribution in [2.45, 2.75) is 32.6 Å². The highest BCUT2D eigenvalue weighted by Gasteiger charge is 1.95. The normalized spacial score (nSPS) is 9.67. The van der Waals surface area contributed by atoms with Gasteiger partial charge in [-0.25, -0.2) is 0 Å². The molecule has 0 unspecified atom stereocenters. The summed E-state index contributed by atoms with van der Waals surface area (Å²) in [6.45, 7) is 2.24. The third-order valence-electron chi connectivity index (χ3n) is 4.36.